The van der Waals surface area contributed by atoms with Crippen molar-refractivity contribution in [3.63, 3.8) is 0 Å². The smallest absolute Gasteiger partial charge is 0.297 e. The Kier molecular flexibility index (Phi) is 4.78. The average molecular weight is 338 g/mol. The standard InChI is InChI=1S/C17H26N2O3S/c1-13-4-6-17(7-5-13)23(20,21)22-16-10-15(11-16)19-9-8-14(12-19)18(2)3/h4-7,14-16H,8-12H2,1-3H3. The first-order chi connectivity index (χ1) is 10.8. The fourth-order valence-electron chi connectivity index (χ4n) is 3.38. The van der Waals surface area contributed by atoms with Crippen LogP contribution in [0.4, 0.5) is 0 Å². The van der Waals surface area contributed by atoms with E-state index in [2.05, 4.69) is 23.9 Å². The Morgan fingerprint density at radius 3 is 2.39 bits per heavy atom. The molecule has 2 fully saturated rings. The van der Waals surface area contributed by atoms with Crippen LogP contribution in [0.5, 0.6) is 0 Å². The van der Waals surface area contributed by atoms with E-state index in [1.807, 2.05) is 6.92 Å². The fourth-order valence-corrected chi connectivity index (χ4v) is 4.47. The molecule has 1 atom stereocenters. The van der Waals surface area contributed by atoms with Crippen LogP contribution in [0.3, 0.4) is 0 Å². The molecule has 1 heterocycles. The lowest BCUT2D eigenvalue weighted by Crippen LogP contribution is -2.48. The molecule has 23 heavy (non-hydrogen) atoms. The number of aryl methyl sites for hydroxylation is 1. The summed E-state index contributed by atoms with van der Waals surface area (Å²) in [5, 5.41) is 0. The van der Waals surface area contributed by atoms with Crippen molar-refractivity contribution < 1.29 is 12.6 Å². The van der Waals surface area contributed by atoms with Gasteiger partial charge in [0.2, 0.25) is 0 Å². The van der Waals surface area contributed by atoms with Crippen LogP contribution >= 0.6 is 0 Å². The lowest BCUT2D eigenvalue weighted by molar-refractivity contribution is 0.0298. The fraction of sp³-hybridized carbons (Fsp3) is 0.647. The number of hydrogen-bond acceptors (Lipinski definition) is 5. The first-order valence-corrected chi connectivity index (χ1v) is 9.66. The summed E-state index contributed by atoms with van der Waals surface area (Å²) in [4.78, 5) is 5.00. The van der Waals surface area contributed by atoms with Gasteiger partial charge < -0.3 is 4.90 Å². The molecule has 1 aromatic carbocycles. The summed E-state index contributed by atoms with van der Waals surface area (Å²) in [6, 6.07) is 7.91. The van der Waals surface area contributed by atoms with Crippen molar-refractivity contribution in [3.8, 4) is 0 Å². The summed E-state index contributed by atoms with van der Waals surface area (Å²) >= 11 is 0. The van der Waals surface area contributed by atoms with Gasteiger partial charge in [0.25, 0.3) is 10.1 Å². The number of benzene rings is 1. The van der Waals surface area contributed by atoms with Gasteiger partial charge in [-0.25, -0.2) is 0 Å². The second-order valence-corrected chi connectivity index (χ2v) is 8.58. The molecule has 0 aromatic heterocycles. The SMILES string of the molecule is Cc1ccc(S(=O)(=O)OC2CC(N3CCC(N(C)C)C3)C2)cc1. The average Bonchev–Trinajstić information content (AvgIpc) is 2.92. The largest absolute Gasteiger partial charge is 0.305 e. The minimum absolute atomic E-state index is 0.176. The lowest BCUT2D eigenvalue weighted by atomic mass is 9.88. The van der Waals surface area contributed by atoms with E-state index in [0.717, 1.165) is 31.5 Å². The Bertz CT molecular complexity index is 636. The Hall–Kier alpha value is -0.950. The number of rotatable bonds is 5. The summed E-state index contributed by atoms with van der Waals surface area (Å²) in [7, 11) is 0.605. The van der Waals surface area contributed by atoms with Crippen LogP contribution in [0.2, 0.25) is 0 Å². The van der Waals surface area contributed by atoms with Crippen molar-refractivity contribution in [2.75, 3.05) is 27.2 Å². The molecule has 0 amide bonds. The number of likely N-dealkylation sites (tertiary alicyclic amines) is 1. The molecule has 0 N–H and O–H groups in total. The second-order valence-electron chi connectivity index (χ2n) is 7.01. The van der Waals surface area contributed by atoms with Gasteiger partial charge in [-0.05, 0) is 52.4 Å². The third-order valence-corrected chi connectivity index (χ3v) is 6.46. The predicted molar refractivity (Wildman–Crippen MR) is 89.9 cm³/mol. The molecule has 1 aliphatic heterocycles. The van der Waals surface area contributed by atoms with Crippen LogP contribution in [0.1, 0.15) is 24.8 Å². The summed E-state index contributed by atoms with van der Waals surface area (Å²) < 4.78 is 29.9. The van der Waals surface area contributed by atoms with Crippen LogP contribution in [-0.4, -0.2) is 63.6 Å². The molecule has 1 saturated carbocycles. The number of likely N-dealkylation sites (N-methyl/N-ethyl adjacent to an activating group) is 1. The first-order valence-electron chi connectivity index (χ1n) is 8.25. The molecule has 0 radical (unpaired) electrons. The van der Waals surface area contributed by atoms with Gasteiger partial charge in [-0.2, -0.15) is 8.42 Å². The van der Waals surface area contributed by atoms with Crippen LogP contribution < -0.4 is 0 Å². The van der Waals surface area contributed by atoms with E-state index < -0.39 is 10.1 Å². The third-order valence-electron chi connectivity index (χ3n) is 5.08. The number of hydrogen-bond donors (Lipinski definition) is 0. The van der Waals surface area contributed by atoms with Gasteiger partial charge >= 0.3 is 0 Å². The normalized spacial score (nSPS) is 29.0. The van der Waals surface area contributed by atoms with Gasteiger partial charge in [-0.1, -0.05) is 17.7 Å². The van der Waals surface area contributed by atoms with Crippen molar-refractivity contribution in [2.24, 2.45) is 0 Å². The molecule has 128 valence electrons. The van der Waals surface area contributed by atoms with E-state index in [0.29, 0.717) is 12.1 Å². The minimum Gasteiger partial charge on any atom is -0.305 e. The van der Waals surface area contributed by atoms with Gasteiger partial charge in [-0.15, -0.1) is 0 Å². The van der Waals surface area contributed by atoms with E-state index in [1.54, 1.807) is 24.3 Å². The highest BCUT2D eigenvalue weighted by Gasteiger charge is 2.40. The molecule has 1 aromatic rings. The Balaban J connectivity index is 1.51. The maximum atomic E-state index is 12.3. The molecular formula is C17H26N2O3S. The zero-order valence-corrected chi connectivity index (χ0v) is 14.9. The molecule has 5 nitrogen and oxygen atoms in total. The number of nitrogens with zero attached hydrogens (tertiary/aromatic N) is 2. The van der Waals surface area contributed by atoms with E-state index in [1.165, 1.54) is 6.42 Å². The first kappa shape index (κ1) is 16.9. The minimum atomic E-state index is -3.64. The highest BCUT2D eigenvalue weighted by Crippen LogP contribution is 2.33. The maximum absolute atomic E-state index is 12.3. The van der Waals surface area contributed by atoms with Crippen LogP contribution in [0.25, 0.3) is 0 Å². The van der Waals surface area contributed by atoms with E-state index in [-0.39, 0.29) is 11.0 Å². The van der Waals surface area contributed by atoms with E-state index >= 15 is 0 Å². The predicted octanol–water partition coefficient (Wildman–Crippen LogP) is 1.87. The zero-order valence-electron chi connectivity index (χ0n) is 14.1. The Morgan fingerprint density at radius 1 is 1.17 bits per heavy atom. The van der Waals surface area contributed by atoms with E-state index in [4.69, 9.17) is 4.18 Å². The van der Waals surface area contributed by atoms with Crippen molar-refractivity contribution >= 4 is 10.1 Å². The monoisotopic (exact) mass is 338 g/mol. The van der Waals surface area contributed by atoms with Crippen LogP contribution in [0.15, 0.2) is 29.2 Å². The Morgan fingerprint density at radius 2 is 1.83 bits per heavy atom. The van der Waals surface area contributed by atoms with Crippen molar-refractivity contribution in [2.45, 2.75) is 49.3 Å². The van der Waals surface area contributed by atoms with Crippen molar-refractivity contribution in [1.82, 2.24) is 9.80 Å². The summed E-state index contributed by atoms with van der Waals surface area (Å²) in [5.41, 5.74) is 1.04. The molecule has 1 saturated heterocycles. The summed E-state index contributed by atoms with van der Waals surface area (Å²) in [6.07, 6.45) is 2.64. The molecular weight excluding hydrogens is 312 g/mol. The van der Waals surface area contributed by atoms with Gasteiger partial charge in [0.15, 0.2) is 0 Å². The molecule has 2 aliphatic rings. The van der Waals surface area contributed by atoms with Crippen LogP contribution in [-0.2, 0) is 14.3 Å². The molecule has 1 aliphatic carbocycles. The highest BCUT2D eigenvalue weighted by molar-refractivity contribution is 7.86. The molecule has 6 heteroatoms. The maximum Gasteiger partial charge on any atom is 0.297 e. The van der Waals surface area contributed by atoms with Gasteiger partial charge in [-0.3, -0.25) is 9.08 Å². The Labute approximate surface area is 139 Å². The molecule has 3 rings (SSSR count). The lowest BCUT2D eigenvalue weighted by Gasteiger charge is -2.40. The van der Waals surface area contributed by atoms with Gasteiger partial charge in [0.05, 0.1) is 11.0 Å². The second kappa shape index (κ2) is 6.51. The molecule has 1 unspecified atom stereocenters. The third kappa shape index (κ3) is 3.76. The van der Waals surface area contributed by atoms with Crippen molar-refractivity contribution in [1.29, 1.82) is 0 Å². The van der Waals surface area contributed by atoms with Gasteiger partial charge in [0.1, 0.15) is 0 Å². The molecule has 0 spiro atoms. The summed E-state index contributed by atoms with van der Waals surface area (Å²) in [6.45, 7) is 4.12. The van der Waals surface area contributed by atoms with E-state index in [9.17, 15) is 8.42 Å². The summed E-state index contributed by atoms with van der Waals surface area (Å²) in [5.74, 6) is 0. The van der Waals surface area contributed by atoms with Crippen molar-refractivity contribution in [3.05, 3.63) is 29.8 Å². The molecule has 0 bridgehead atoms. The van der Waals surface area contributed by atoms with Crippen LogP contribution in [0, 0.1) is 6.92 Å². The highest BCUT2D eigenvalue weighted by atomic mass is 32.2. The zero-order chi connectivity index (χ0) is 16.6. The topological polar surface area (TPSA) is 49.9 Å². The van der Waals surface area contributed by atoms with Gasteiger partial charge in [0, 0.05) is 25.2 Å². The quantitative estimate of drug-likeness (QED) is 0.767.